The molecular formula is C12H17NO. The van der Waals surface area contributed by atoms with Crippen LogP contribution in [-0.4, -0.2) is 13.2 Å². The van der Waals surface area contributed by atoms with Crippen LogP contribution in [-0.2, 0) is 0 Å². The molecule has 0 amide bonds. The minimum absolute atomic E-state index is 0.618. The van der Waals surface area contributed by atoms with Gasteiger partial charge in [-0.1, -0.05) is 13.0 Å². The first-order chi connectivity index (χ1) is 6.86. The van der Waals surface area contributed by atoms with Crippen molar-refractivity contribution >= 4 is 5.69 Å². The summed E-state index contributed by atoms with van der Waals surface area (Å²) in [6.07, 6.45) is 1.17. The normalized spacial score (nSPS) is 18.9. The summed E-state index contributed by atoms with van der Waals surface area (Å²) in [6, 6.07) is 6.25. The Bertz CT molecular complexity index is 322. The van der Waals surface area contributed by atoms with Crippen molar-refractivity contribution in [2.45, 2.75) is 26.2 Å². The van der Waals surface area contributed by atoms with E-state index in [1.807, 2.05) is 6.92 Å². The molecule has 0 fully saturated rings. The summed E-state index contributed by atoms with van der Waals surface area (Å²) in [7, 11) is 0. The van der Waals surface area contributed by atoms with Crippen molar-refractivity contribution in [1.29, 1.82) is 0 Å². The highest BCUT2D eigenvalue weighted by Gasteiger charge is 2.24. The van der Waals surface area contributed by atoms with Crippen molar-refractivity contribution < 1.29 is 4.74 Å². The Kier molecular flexibility index (Phi) is 2.62. The van der Waals surface area contributed by atoms with Gasteiger partial charge in [0.05, 0.1) is 6.61 Å². The molecule has 1 N–H and O–H groups in total. The van der Waals surface area contributed by atoms with Gasteiger partial charge in [0.2, 0.25) is 0 Å². The topological polar surface area (TPSA) is 21.3 Å². The second-order valence-corrected chi connectivity index (χ2v) is 3.64. The van der Waals surface area contributed by atoms with E-state index in [9.17, 15) is 0 Å². The van der Waals surface area contributed by atoms with E-state index >= 15 is 0 Å². The van der Waals surface area contributed by atoms with Gasteiger partial charge in [-0.2, -0.15) is 0 Å². The fraction of sp³-hybridized carbons (Fsp3) is 0.500. The Morgan fingerprint density at radius 3 is 3.00 bits per heavy atom. The van der Waals surface area contributed by atoms with Crippen LogP contribution >= 0.6 is 0 Å². The van der Waals surface area contributed by atoms with Gasteiger partial charge in [-0.3, -0.25) is 0 Å². The minimum atomic E-state index is 0.618. The lowest BCUT2D eigenvalue weighted by atomic mass is 9.98. The molecule has 2 rings (SSSR count). The van der Waals surface area contributed by atoms with Crippen molar-refractivity contribution in [3.05, 3.63) is 23.8 Å². The maximum atomic E-state index is 5.64. The van der Waals surface area contributed by atoms with Crippen LogP contribution in [0.2, 0.25) is 0 Å². The zero-order valence-corrected chi connectivity index (χ0v) is 8.84. The van der Waals surface area contributed by atoms with E-state index in [1.165, 1.54) is 17.7 Å². The van der Waals surface area contributed by atoms with Gasteiger partial charge in [0.15, 0.2) is 0 Å². The molecule has 1 unspecified atom stereocenters. The fourth-order valence-electron chi connectivity index (χ4n) is 2.08. The van der Waals surface area contributed by atoms with E-state index in [1.54, 1.807) is 0 Å². The SMILES string of the molecule is CCOc1cccc2c1C(CC)CN2. The second-order valence-electron chi connectivity index (χ2n) is 3.64. The molecule has 0 radical (unpaired) electrons. The number of hydrogen-bond donors (Lipinski definition) is 1. The molecule has 0 saturated heterocycles. The third-order valence-electron chi connectivity index (χ3n) is 2.81. The number of nitrogens with one attached hydrogen (secondary N) is 1. The van der Waals surface area contributed by atoms with Crippen LogP contribution in [0.4, 0.5) is 5.69 Å². The average Bonchev–Trinajstić information content (AvgIpc) is 2.62. The van der Waals surface area contributed by atoms with Gasteiger partial charge in [-0.25, -0.2) is 0 Å². The molecule has 1 heterocycles. The third kappa shape index (κ3) is 1.45. The molecule has 0 spiro atoms. The predicted octanol–water partition coefficient (Wildman–Crippen LogP) is 3.00. The maximum Gasteiger partial charge on any atom is 0.124 e. The van der Waals surface area contributed by atoms with Gasteiger partial charge in [-0.05, 0) is 25.5 Å². The molecule has 1 atom stereocenters. The van der Waals surface area contributed by atoms with Crippen molar-refractivity contribution in [3.8, 4) is 5.75 Å². The molecule has 0 saturated carbocycles. The summed E-state index contributed by atoms with van der Waals surface area (Å²) in [5.41, 5.74) is 2.62. The van der Waals surface area contributed by atoms with E-state index < -0.39 is 0 Å². The second kappa shape index (κ2) is 3.91. The van der Waals surface area contributed by atoms with E-state index in [-0.39, 0.29) is 0 Å². The standard InChI is InChI=1S/C12H17NO/c1-3-9-8-13-10-6-5-7-11(12(9)10)14-4-2/h5-7,9,13H,3-4,8H2,1-2H3. The number of ether oxygens (including phenoxy) is 1. The van der Waals surface area contributed by atoms with Crippen LogP contribution in [0.1, 0.15) is 31.7 Å². The van der Waals surface area contributed by atoms with Crippen molar-refractivity contribution in [2.75, 3.05) is 18.5 Å². The minimum Gasteiger partial charge on any atom is -0.494 e. The molecule has 0 aliphatic carbocycles. The van der Waals surface area contributed by atoms with Gasteiger partial charge in [-0.15, -0.1) is 0 Å². The van der Waals surface area contributed by atoms with E-state index in [2.05, 4.69) is 30.4 Å². The van der Waals surface area contributed by atoms with Crippen LogP contribution in [0.15, 0.2) is 18.2 Å². The van der Waals surface area contributed by atoms with Crippen molar-refractivity contribution in [2.24, 2.45) is 0 Å². The molecule has 1 aromatic rings. The third-order valence-corrected chi connectivity index (χ3v) is 2.81. The summed E-state index contributed by atoms with van der Waals surface area (Å²) < 4.78 is 5.64. The van der Waals surface area contributed by atoms with Gasteiger partial charge < -0.3 is 10.1 Å². The lowest BCUT2D eigenvalue weighted by Crippen LogP contribution is -2.01. The molecule has 14 heavy (non-hydrogen) atoms. The first-order valence-corrected chi connectivity index (χ1v) is 5.36. The van der Waals surface area contributed by atoms with E-state index in [0.29, 0.717) is 5.92 Å². The highest BCUT2D eigenvalue weighted by Crippen LogP contribution is 2.39. The summed E-state index contributed by atoms with van der Waals surface area (Å²) in [6.45, 7) is 6.05. The Labute approximate surface area is 85.3 Å². The smallest absolute Gasteiger partial charge is 0.124 e. The first kappa shape index (κ1) is 9.38. The summed E-state index contributed by atoms with van der Waals surface area (Å²) >= 11 is 0. The van der Waals surface area contributed by atoms with Gasteiger partial charge >= 0.3 is 0 Å². The average molecular weight is 191 g/mol. The molecular weight excluding hydrogens is 174 g/mol. The number of anilines is 1. The summed E-state index contributed by atoms with van der Waals surface area (Å²) in [4.78, 5) is 0. The Morgan fingerprint density at radius 2 is 2.29 bits per heavy atom. The molecule has 1 aromatic carbocycles. The number of hydrogen-bond acceptors (Lipinski definition) is 2. The maximum absolute atomic E-state index is 5.64. The number of benzene rings is 1. The largest absolute Gasteiger partial charge is 0.494 e. The summed E-state index contributed by atoms with van der Waals surface area (Å²) in [5.74, 6) is 1.68. The Morgan fingerprint density at radius 1 is 1.43 bits per heavy atom. The van der Waals surface area contributed by atoms with E-state index in [4.69, 9.17) is 4.74 Å². The van der Waals surface area contributed by atoms with Gasteiger partial charge in [0.1, 0.15) is 5.75 Å². The van der Waals surface area contributed by atoms with Crippen LogP contribution in [0.25, 0.3) is 0 Å². The quantitative estimate of drug-likeness (QED) is 0.793. The molecule has 2 heteroatoms. The van der Waals surface area contributed by atoms with Crippen LogP contribution in [0.5, 0.6) is 5.75 Å². The molecule has 0 aromatic heterocycles. The monoisotopic (exact) mass is 191 g/mol. The Hall–Kier alpha value is -1.18. The zero-order valence-electron chi connectivity index (χ0n) is 8.84. The van der Waals surface area contributed by atoms with Crippen molar-refractivity contribution in [1.82, 2.24) is 0 Å². The van der Waals surface area contributed by atoms with E-state index in [0.717, 1.165) is 18.9 Å². The van der Waals surface area contributed by atoms with Gasteiger partial charge in [0.25, 0.3) is 0 Å². The number of fused-ring (bicyclic) bond motifs is 1. The Balaban J connectivity index is 2.38. The summed E-state index contributed by atoms with van der Waals surface area (Å²) in [5, 5.41) is 3.42. The van der Waals surface area contributed by atoms with Crippen LogP contribution < -0.4 is 10.1 Å². The predicted molar refractivity (Wildman–Crippen MR) is 59.1 cm³/mol. The molecule has 1 aliphatic rings. The lowest BCUT2D eigenvalue weighted by Gasteiger charge is -2.12. The van der Waals surface area contributed by atoms with Gasteiger partial charge in [0, 0.05) is 23.7 Å². The van der Waals surface area contributed by atoms with Crippen LogP contribution in [0, 0.1) is 0 Å². The number of rotatable bonds is 3. The zero-order chi connectivity index (χ0) is 9.97. The molecule has 1 aliphatic heterocycles. The van der Waals surface area contributed by atoms with Crippen LogP contribution in [0.3, 0.4) is 0 Å². The highest BCUT2D eigenvalue weighted by molar-refractivity contribution is 5.63. The molecule has 2 nitrogen and oxygen atoms in total. The first-order valence-electron chi connectivity index (χ1n) is 5.36. The lowest BCUT2D eigenvalue weighted by molar-refractivity contribution is 0.335. The molecule has 0 bridgehead atoms. The fourth-order valence-corrected chi connectivity index (χ4v) is 2.08. The molecule has 76 valence electrons. The highest BCUT2D eigenvalue weighted by atomic mass is 16.5. The van der Waals surface area contributed by atoms with Crippen molar-refractivity contribution in [3.63, 3.8) is 0 Å².